The van der Waals surface area contributed by atoms with Crippen molar-refractivity contribution >= 4 is 0 Å². The summed E-state index contributed by atoms with van der Waals surface area (Å²) in [5, 5.41) is 3.04. The standard InChI is InChI=1S/C14H17F5N2/c15-12-3-11(4-13(16)5-12)7-20-6-10-1-2-21(8-10)9-14(17,18)19/h3-5,10,20H,1-2,6-9H2. The topological polar surface area (TPSA) is 15.3 Å². The minimum atomic E-state index is -4.17. The second-order valence-corrected chi connectivity index (χ2v) is 5.41. The number of likely N-dealkylation sites (tertiary alicyclic amines) is 1. The first kappa shape index (κ1) is 16.2. The number of nitrogens with zero attached hydrogens (tertiary/aromatic N) is 1. The summed E-state index contributed by atoms with van der Waals surface area (Å²) >= 11 is 0. The molecule has 1 unspecified atom stereocenters. The van der Waals surface area contributed by atoms with E-state index in [1.165, 1.54) is 17.0 Å². The van der Waals surface area contributed by atoms with Crippen LogP contribution in [0.5, 0.6) is 0 Å². The van der Waals surface area contributed by atoms with Crippen molar-refractivity contribution in [2.24, 2.45) is 5.92 Å². The quantitative estimate of drug-likeness (QED) is 0.842. The van der Waals surface area contributed by atoms with Gasteiger partial charge in [-0.3, -0.25) is 4.90 Å². The van der Waals surface area contributed by atoms with Crippen molar-refractivity contribution in [3.63, 3.8) is 0 Å². The van der Waals surface area contributed by atoms with Gasteiger partial charge in [0.2, 0.25) is 0 Å². The van der Waals surface area contributed by atoms with Gasteiger partial charge in [-0.05, 0) is 43.1 Å². The Bertz CT molecular complexity index is 455. The van der Waals surface area contributed by atoms with Crippen LogP contribution in [0.4, 0.5) is 22.0 Å². The first-order valence-electron chi connectivity index (χ1n) is 6.76. The predicted molar refractivity (Wildman–Crippen MR) is 68.7 cm³/mol. The summed E-state index contributed by atoms with van der Waals surface area (Å²) in [5.41, 5.74) is 0.484. The zero-order valence-electron chi connectivity index (χ0n) is 11.4. The maximum absolute atomic E-state index is 13.0. The zero-order valence-corrected chi connectivity index (χ0v) is 11.4. The molecule has 1 aromatic carbocycles. The fourth-order valence-corrected chi connectivity index (χ4v) is 2.61. The Labute approximate surface area is 119 Å². The number of nitrogens with one attached hydrogen (secondary N) is 1. The lowest BCUT2D eigenvalue weighted by molar-refractivity contribution is -0.143. The molecule has 1 N–H and O–H groups in total. The third kappa shape index (κ3) is 5.59. The zero-order chi connectivity index (χ0) is 15.5. The second-order valence-electron chi connectivity index (χ2n) is 5.41. The lowest BCUT2D eigenvalue weighted by atomic mass is 10.1. The molecule has 7 heteroatoms. The summed E-state index contributed by atoms with van der Waals surface area (Å²) in [7, 11) is 0. The van der Waals surface area contributed by atoms with Gasteiger partial charge < -0.3 is 5.32 Å². The molecule has 0 radical (unpaired) electrons. The average molecular weight is 308 g/mol. The van der Waals surface area contributed by atoms with Gasteiger partial charge in [-0.25, -0.2) is 8.78 Å². The van der Waals surface area contributed by atoms with Crippen molar-refractivity contribution in [3.8, 4) is 0 Å². The minimum absolute atomic E-state index is 0.130. The van der Waals surface area contributed by atoms with Crippen molar-refractivity contribution < 1.29 is 22.0 Å². The number of hydrogen-bond acceptors (Lipinski definition) is 2. The van der Waals surface area contributed by atoms with E-state index in [0.717, 1.165) is 6.07 Å². The Morgan fingerprint density at radius 3 is 2.43 bits per heavy atom. The molecule has 1 aliphatic rings. The van der Waals surface area contributed by atoms with Crippen LogP contribution in [0.15, 0.2) is 18.2 Å². The molecule has 0 saturated carbocycles. The van der Waals surface area contributed by atoms with Gasteiger partial charge in [0.1, 0.15) is 11.6 Å². The Kier molecular flexibility index (Phi) is 5.16. The fourth-order valence-electron chi connectivity index (χ4n) is 2.61. The predicted octanol–water partition coefficient (Wildman–Crippen LogP) is 2.94. The summed E-state index contributed by atoms with van der Waals surface area (Å²) in [5.74, 6) is -1.14. The van der Waals surface area contributed by atoms with Crippen LogP contribution in [0.1, 0.15) is 12.0 Å². The monoisotopic (exact) mass is 308 g/mol. The van der Waals surface area contributed by atoms with Crippen LogP contribution in [0.25, 0.3) is 0 Å². The molecule has 0 aliphatic carbocycles. The Hall–Kier alpha value is -1.21. The Balaban J connectivity index is 1.72. The van der Waals surface area contributed by atoms with E-state index in [0.29, 0.717) is 38.2 Å². The molecule has 0 aromatic heterocycles. The van der Waals surface area contributed by atoms with Crippen LogP contribution in [-0.4, -0.2) is 37.3 Å². The largest absolute Gasteiger partial charge is 0.401 e. The number of benzene rings is 1. The van der Waals surface area contributed by atoms with Crippen LogP contribution in [-0.2, 0) is 6.54 Å². The van der Waals surface area contributed by atoms with Gasteiger partial charge in [0.15, 0.2) is 0 Å². The number of rotatable bonds is 5. The van der Waals surface area contributed by atoms with Crippen molar-refractivity contribution in [1.82, 2.24) is 10.2 Å². The van der Waals surface area contributed by atoms with E-state index in [1.54, 1.807) is 0 Å². The average Bonchev–Trinajstić information content (AvgIpc) is 2.73. The number of alkyl halides is 3. The van der Waals surface area contributed by atoms with E-state index in [1.807, 2.05) is 0 Å². The summed E-state index contributed by atoms with van der Waals surface area (Å²) in [6, 6.07) is 3.27. The molecule has 118 valence electrons. The summed E-state index contributed by atoms with van der Waals surface area (Å²) < 4.78 is 62.7. The molecular weight excluding hydrogens is 291 g/mol. The highest BCUT2D eigenvalue weighted by Crippen LogP contribution is 2.22. The third-order valence-corrected chi connectivity index (χ3v) is 3.46. The third-order valence-electron chi connectivity index (χ3n) is 3.46. The summed E-state index contributed by atoms with van der Waals surface area (Å²) in [4.78, 5) is 1.38. The number of hydrogen-bond donors (Lipinski definition) is 1. The van der Waals surface area contributed by atoms with Crippen molar-refractivity contribution in [1.29, 1.82) is 0 Å². The molecule has 0 bridgehead atoms. The van der Waals surface area contributed by atoms with Crippen LogP contribution in [0.2, 0.25) is 0 Å². The van der Waals surface area contributed by atoms with E-state index in [-0.39, 0.29) is 5.92 Å². The lowest BCUT2D eigenvalue weighted by Gasteiger charge is -2.18. The van der Waals surface area contributed by atoms with Crippen LogP contribution in [0, 0.1) is 17.6 Å². The second kappa shape index (κ2) is 6.70. The van der Waals surface area contributed by atoms with Crippen LogP contribution >= 0.6 is 0 Å². The van der Waals surface area contributed by atoms with Gasteiger partial charge in [0, 0.05) is 19.2 Å². The Morgan fingerprint density at radius 2 is 1.81 bits per heavy atom. The van der Waals surface area contributed by atoms with Crippen LogP contribution in [0.3, 0.4) is 0 Å². The molecule has 21 heavy (non-hydrogen) atoms. The van der Waals surface area contributed by atoms with Crippen molar-refractivity contribution in [2.45, 2.75) is 19.1 Å². The maximum Gasteiger partial charge on any atom is 0.401 e. The van der Waals surface area contributed by atoms with Crippen molar-refractivity contribution in [3.05, 3.63) is 35.4 Å². The molecule has 2 nitrogen and oxygen atoms in total. The minimum Gasteiger partial charge on any atom is -0.312 e. The highest BCUT2D eigenvalue weighted by atomic mass is 19.4. The Morgan fingerprint density at radius 1 is 1.14 bits per heavy atom. The van der Waals surface area contributed by atoms with Gasteiger partial charge in [0.05, 0.1) is 6.54 Å². The molecule has 0 spiro atoms. The van der Waals surface area contributed by atoms with Gasteiger partial charge >= 0.3 is 6.18 Å². The van der Waals surface area contributed by atoms with E-state index in [2.05, 4.69) is 5.32 Å². The molecule has 2 rings (SSSR count). The molecule has 1 atom stereocenters. The van der Waals surface area contributed by atoms with E-state index in [4.69, 9.17) is 0 Å². The van der Waals surface area contributed by atoms with Gasteiger partial charge in [0.25, 0.3) is 0 Å². The SMILES string of the molecule is Fc1cc(F)cc(CNCC2CCN(CC(F)(F)F)C2)c1. The van der Waals surface area contributed by atoms with Crippen molar-refractivity contribution in [2.75, 3.05) is 26.2 Å². The highest BCUT2D eigenvalue weighted by Gasteiger charge is 2.34. The molecule has 1 aromatic rings. The fraction of sp³-hybridized carbons (Fsp3) is 0.571. The summed E-state index contributed by atoms with van der Waals surface area (Å²) in [6.45, 7) is 0.778. The van der Waals surface area contributed by atoms with E-state index < -0.39 is 24.4 Å². The maximum atomic E-state index is 13.0. The van der Waals surface area contributed by atoms with E-state index in [9.17, 15) is 22.0 Å². The van der Waals surface area contributed by atoms with Gasteiger partial charge in [-0.2, -0.15) is 13.2 Å². The molecule has 1 heterocycles. The molecular formula is C14H17F5N2. The molecule has 1 saturated heterocycles. The molecule has 1 fully saturated rings. The first-order chi connectivity index (χ1) is 9.82. The normalized spacial score (nSPS) is 20.1. The molecule has 1 aliphatic heterocycles. The summed E-state index contributed by atoms with van der Waals surface area (Å²) in [6.07, 6.45) is -3.47. The van der Waals surface area contributed by atoms with Gasteiger partial charge in [-0.15, -0.1) is 0 Å². The van der Waals surface area contributed by atoms with E-state index >= 15 is 0 Å². The number of halogens is 5. The highest BCUT2D eigenvalue weighted by molar-refractivity contribution is 5.17. The smallest absolute Gasteiger partial charge is 0.312 e. The molecule has 0 amide bonds. The first-order valence-corrected chi connectivity index (χ1v) is 6.76. The van der Waals surface area contributed by atoms with Crippen LogP contribution < -0.4 is 5.32 Å². The lowest BCUT2D eigenvalue weighted by Crippen LogP contribution is -2.33. The van der Waals surface area contributed by atoms with Gasteiger partial charge in [-0.1, -0.05) is 0 Å².